The molecule has 1 N–H and O–H groups in total. The first-order chi connectivity index (χ1) is 9.97. The first-order valence-corrected chi connectivity index (χ1v) is 7.63. The summed E-state index contributed by atoms with van der Waals surface area (Å²) >= 11 is 6.03. The summed E-state index contributed by atoms with van der Waals surface area (Å²) < 4.78 is 10.6. The van der Waals surface area contributed by atoms with Crippen LogP contribution in [0.3, 0.4) is 0 Å². The van der Waals surface area contributed by atoms with Gasteiger partial charge in [-0.3, -0.25) is 0 Å². The molecule has 0 aliphatic carbocycles. The molecule has 116 valence electrons. The van der Waals surface area contributed by atoms with Crippen molar-refractivity contribution in [1.29, 1.82) is 0 Å². The van der Waals surface area contributed by atoms with Crippen molar-refractivity contribution in [1.82, 2.24) is 0 Å². The molecular weight excluding hydrogens is 290 g/mol. The van der Waals surface area contributed by atoms with Gasteiger partial charge in [0.2, 0.25) is 0 Å². The lowest BCUT2D eigenvalue weighted by Gasteiger charge is -2.38. The summed E-state index contributed by atoms with van der Waals surface area (Å²) in [5.74, 6) is -0.422. The van der Waals surface area contributed by atoms with Gasteiger partial charge in [0.05, 0.1) is 23.3 Å². The molecule has 2 atom stereocenters. The number of anilines is 1. The van der Waals surface area contributed by atoms with E-state index in [1.54, 1.807) is 12.1 Å². The minimum absolute atomic E-state index is 0.0759. The summed E-state index contributed by atoms with van der Waals surface area (Å²) in [6.07, 6.45) is 2.88. The molecule has 0 amide bonds. The highest BCUT2D eigenvalue weighted by molar-refractivity contribution is 6.33. The van der Waals surface area contributed by atoms with Gasteiger partial charge in [-0.2, -0.15) is 0 Å². The van der Waals surface area contributed by atoms with Crippen LogP contribution >= 0.6 is 11.6 Å². The average Bonchev–Trinajstić information content (AvgIpc) is 2.48. The van der Waals surface area contributed by atoms with Crippen LogP contribution in [0.25, 0.3) is 0 Å². The molecule has 0 spiro atoms. The molecule has 1 saturated heterocycles. The summed E-state index contributed by atoms with van der Waals surface area (Å²) in [4.78, 5) is 11.7. The second kappa shape index (κ2) is 6.67. The third-order valence-electron chi connectivity index (χ3n) is 4.09. The Morgan fingerprint density at radius 1 is 1.57 bits per heavy atom. The van der Waals surface area contributed by atoms with Crippen molar-refractivity contribution < 1.29 is 14.3 Å². The van der Waals surface area contributed by atoms with Crippen LogP contribution in [-0.2, 0) is 9.47 Å². The van der Waals surface area contributed by atoms with Gasteiger partial charge in [0.25, 0.3) is 0 Å². The van der Waals surface area contributed by atoms with Gasteiger partial charge in [-0.25, -0.2) is 4.79 Å². The molecule has 1 aromatic carbocycles. The highest BCUT2D eigenvalue weighted by Crippen LogP contribution is 2.30. The number of halogens is 1. The van der Waals surface area contributed by atoms with Gasteiger partial charge in [0.15, 0.2) is 0 Å². The lowest BCUT2D eigenvalue weighted by atomic mass is 9.90. The maximum absolute atomic E-state index is 11.7. The van der Waals surface area contributed by atoms with Gasteiger partial charge in [-0.15, -0.1) is 0 Å². The van der Waals surface area contributed by atoms with E-state index in [0.717, 1.165) is 31.6 Å². The molecule has 1 heterocycles. The number of esters is 1. The van der Waals surface area contributed by atoms with E-state index in [9.17, 15) is 4.79 Å². The van der Waals surface area contributed by atoms with Crippen LogP contribution < -0.4 is 5.32 Å². The predicted molar refractivity (Wildman–Crippen MR) is 84.1 cm³/mol. The smallest absolute Gasteiger partial charge is 0.339 e. The number of benzene rings is 1. The van der Waals surface area contributed by atoms with Gasteiger partial charge in [-0.1, -0.05) is 18.5 Å². The molecular formula is C16H22ClNO3. The predicted octanol–water partition coefficient (Wildman–Crippen LogP) is 3.89. The lowest BCUT2D eigenvalue weighted by molar-refractivity contribution is -0.0708. The molecule has 1 aliphatic heterocycles. The monoisotopic (exact) mass is 311 g/mol. The molecule has 1 aromatic rings. The molecule has 0 aromatic heterocycles. The van der Waals surface area contributed by atoms with Gasteiger partial charge in [-0.05, 0) is 44.4 Å². The fourth-order valence-corrected chi connectivity index (χ4v) is 2.81. The maximum Gasteiger partial charge on any atom is 0.339 e. The Kier molecular flexibility index (Phi) is 5.12. The molecule has 2 rings (SSSR count). The first kappa shape index (κ1) is 16.1. The molecule has 0 radical (unpaired) electrons. The zero-order chi connectivity index (χ0) is 15.5. The minimum atomic E-state index is -0.422. The molecule has 2 unspecified atom stereocenters. The second-order valence-corrected chi connectivity index (χ2v) is 6.08. The van der Waals surface area contributed by atoms with Crippen molar-refractivity contribution in [2.45, 2.75) is 44.8 Å². The fourth-order valence-electron chi connectivity index (χ4n) is 2.62. The van der Waals surface area contributed by atoms with Crippen molar-refractivity contribution in [3.8, 4) is 0 Å². The zero-order valence-electron chi connectivity index (χ0n) is 12.7. The van der Waals surface area contributed by atoms with E-state index in [-0.39, 0.29) is 5.60 Å². The molecule has 1 fully saturated rings. The van der Waals surface area contributed by atoms with Crippen LogP contribution in [-0.4, -0.2) is 31.3 Å². The number of nitrogens with one attached hydrogen (secondary N) is 1. The lowest BCUT2D eigenvalue weighted by Crippen LogP contribution is -2.41. The van der Waals surface area contributed by atoms with Crippen molar-refractivity contribution in [3.63, 3.8) is 0 Å². The van der Waals surface area contributed by atoms with Crippen molar-refractivity contribution in [2.75, 3.05) is 19.0 Å². The molecule has 4 nitrogen and oxygen atoms in total. The van der Waals surface area contributed by atoms with Crippen LogP contribution in [0.1, 0.15) is 43.5 Å². The van der Waals surface area contributed by atoms with Crippen LogP contribution in [0.5, 0.6) is 0 Å². The Labute approximate surface area is 130 Å². The highest BCUT2D eigenvalue weighted by Gasteiger charge is 2.31. The van der Waals surface area contributed by atoms with Crippen LogP contribution in [0.15, 0.2) is 18.2 Å². The second-order valence-electron chi connectivity index (χ2n) is 5.67. The molecule has 0 bridgehead atoms. The van der Waals surface area contributed by atoms with Crippen molar-refractivity contribution in [3.05, 3.63) is 28.8 Å². The first-order valence-electron chi connectivity index (χ1n) is 7.26. The Hall–Kier alpha value is -1.26. The van der Waals surface area contributed by atoms with E-state index in [2.05, 4.69) is 19.2 Å². The highest BCUT2D eigenvalue weighted by atomic mass is 35.5. The Bertz CT molecular complexity index is 520. The zero-order valence-corrected chi connectivity index (χ0v) is 13.5. The van der Waals surface area contributed by atoms with E-state index < -0.39 is 5.97 Å². The Morgan fingerprint density at radius 2 is 2.33 bits per heavy atom. The van der Waals surface area contributed by atoms with E-state index in [0.29, 0.717) is 16.6 Å². The SMILES string of the molecule is CCC1(C)CC(Nc2ccc(Cl)c(C(=O)OC)c2)CCO1. The van der Waals surface area contributed by atoms with Crippen LogP contribution in [0.2, 0.25) is 5.02 Å². The molecule has 5 heteroatoms. The number of carbonyl (C=O) groups excluding carboxylic acids is 1. The van der Waals surface area contributed by atoms with Gasteiger partial charge >= 0.3 is 5.97 Å². The number of carbonyl (C=O) groups is 1. The number of rotatable bonds is 4. The maximum atomic E-state index is 11.7. The topological polar surface area (TPSA) is 47.6 Å². The number of methoxy groups -OCH3 is 1. The minimum Gasteiger partial charge on any atom is -0.465 e. The summed E-state index contributed by atoms with van der Waals surface area (Å²) in [5, 5.41) is 3.87. The van der Waals surface area contributed by atoms with Gasteiger partial charge in [0.1, 0.15) is 0 Å². The van der Waals surface area contributed by atoms with E-state index in [1.807, 2.05) is 6.07 Å². The summed E-state index contributed by atoms with van der Waals surface area (Å²) in [5.41, 5.74) is 1.19. The van der Waals surface area contributed by atoms with Crippen LogP contribution in [0, 0.1) is 0 Å². The van der Waals surface area contributed by atoms with Gasteiger partial charge < -0.3 is 14.8 Å². The van der Waals surface area contributed by atoms with Gasteiger partial charge in [0, 0.05) is 18.3 Å². The fraction of sp³-hybridized carbons (Fsp3) is 0.562. The summed E-state index contributed by atoms with van der Waals surface area (Å²) in [7, 11) is 1.35. The molecule has 0 saturated carbocycles. The molecule has 21 heavy (non-hydrogen) atoms. The number of hydrogen-bond acceptors (Lipinski definition) is 4. The Morgan fingerprint density at radius 3 is 3.00 bits per heavy atom. The quantitative estimate of drug-likeness (QED) is 0.857. The Balaban J connectivity index is 2.11. The van der Waals surface area contributed by atoms with Crippen LogP contribution in [0.4, 0.5) is 5.69 Å². The molecule has 1 aliphatic rings. The number of ether oxygens (including phenoxy) is 2. The number of hydrogen-bond donors (Lipinski definition) is 1. The summed E-state index contributed by atoms with van der Waals surface area (Å²) in [6.45, 7) is 5.03. The third-order valence-corrected chi connectivity index (χ3v) is 4.41. The normalized spacial score (nSPS) is 25.4. The van der Waals surface area contributed by atoms with E-state index >= 15 is 0 Å². The van der Waals surface area contributed by atoms with E-state index in [4.69, 9.17) is 21.1 Å². The largest absolute Gasteiger partial charge is 0.465 e. The van der Waals surface area contributed by atoms with E-state index in [1.165, 1.54) is 7.11 Å². The average molecular weight is 312 g/mol. The van der Waals surface area contributed by atoms with Crippen molar-refractivity contribution in [2.24, 2.45) is 0 Å². The standard InChI is InChI=1S/C16H22ClNO3/c1-4-16(2)10-12(7-8-21-16)18-11-5-6-14(17)13(9-11)15(19)20-3/h5-6,9,12,18H,4,7-8,10H2,1-3H3. The van der Waals surface area contributed by atoms with Crippen molar-refractivity contribution >= 4 is 23.3 Å². The third kappa shape index (κ3) is 3.89. The summed E-state index contributed by atoms with van der Waals surface area (Å²) in [6, 6.07) is 5.67.